The van der Waals surface area contributed by atoms with E-state index < -0.39 is 13.1 Å². The quantitative estimate of drug-likeness (QED) is 0.596. The van der Waals surface area contributed by atoms with Crippen LogP contribution < -0.4 is 5.32 Å². The SMILES string of the molecule is Cc1ccc(C)c2c(C[C@H](NC(=O)Cc3ccccc3)B(O)O)coc12. The Labute approximate surface area is 152 Å². The van der Waals surface area contributed by atoms with Crippen LogP contribution in [0.5, 0.6) is 0 Å². The molecule has 1 amide bonds. The summed E-state index contributed by atoms with van der Waals surface area (Å²) < 4.78 is 5.67. The van der Waals surface area contributed by atoms with E-state index in [9.17, 15) is 14.8 Å². The second kappa shape index (κ2) is 7.76. The van der Waals surface area contributed by atoms with Gasteiger partial charge in [-0.05, 0) is 42.5 Å². The molecule has 2 aromatic carbocycles. The van der Waals surface area contributed by atoms with E-state index in [0.717, 1.165) is 33.2 Å². The molecule has 0 unspecified atom stereocenters. The summed E-state index contributed by atoms with van der Waals surface area (Å²) in [5, 5.41) is 23.2. The van der Waals surface area contributed by atoms with Gasteiger partial charge in [0.1, 0.15) is 5.58 Å². The Balaban J connectivity index is 1.77. The summed E-state index contributed by atoms with van der Waals surface area (Å²) in [5.41, 5.74) is 4.58. The van der Waals surface area contributed by atoms with Crippen LogP contribution >= 0.6 is 0 Å². The third-order valence-corrected chi connectivity index (χ3v) is 4.56. The predicted molar refractivity (Wildman–Crippen MR) is 102 cm³/mol. The number of carbonyl (C=O) groups excluding carboxylic acids is 1. The van der Waals surface area contributed by atoms with E-state index in [4.69, 9.17) is 4.42 Å². The van der Waals surface area contributed by atoms with Crippen molar-refractivity contribution in [3.05, 3.63) is 71.0 Å². The van der Waals surface area contributed by atoms with E-state index in [1.807, 2.05) is 56.3 Å². The number of benzene rings is 2. The summed E-state index contributed by atoms with van der Waals surface area (Å²) in [6, 6.07) is 13.3. The molecule has 1 atom stereocenters. The smallest absolute Gasteiger partial charge is 0.464 e. The molecule has 0 spiro atoms. The third-order valence-electron chi connectivity index (χ3n) is 4.56. The number of rotatable bonds is 6. The van der Waals surface area contributed by atoms with E-state index in [0.29, 0.717) is 0 Å². The molecule has 26 heavy (non-hydrogen) atoms. The first-order valence-corrected chi connectivity index (χ1v) is 8.61. The second-order valence-corrected chi connectivity index (χ2v) is 6.62. The Morgan fingerprint density at radius 2 is 1.81 bits per heavy atom. The van der Waals surface area contributed by atoms with Gasteiger partial charge < -0.3 is 19.8 Å². The van der Waals surface area contributed by atoms with Gasteiger partial charge in [-0.2, -0.15) is 0 Å². The maximum Gasteiger partial charge on any atom is 0.475 e. The molecule has 0 saturated heterocycles. The lowest BCUT2D eigenvalue weighted by Crippen LogP contribution is -2.48. The minimum Gasteiger partial charge on any atom is -0.464 e. The Morgan fingerprint density at radius 3 is 2.50 bits per heavy atom. The van der Waals surface area contributed by atoms with Crippen LogP contribution in [-0.4, -0.2) is 29.0 Å². The maximum atomic E-state index is 12.3. The highest BCUT2D eigenvalue weighted by Crippen LogP contribution is 2.28. The molecule has 0 saturated carbocycles. The fourth-order valence-corrected chi connectivity index (χ4v) is 3.18. The number of aryl methyl sites for hydroxylation is 2. The van der Waals surface area contributed by atoms with E-state index in [1.165, 1.54) is 0 Å². The molecule has 3 aromatic rings. The summed E-state index contributed by atoms with van der Waals surface area (Å²) in [7, 11) is -1.66. The monoisotopic (exact) mass is 351 g/mol. The van der Waals surface area contributed by atoms with Crippen molar-refractivity contribution >= 4 is 24.0 Å². The average Bonchev–Trinajstić information content (AvgIpc) is 3.03. The Bertz CT molecular complexity index is 905. The van der Waals surface area contributed by atoms with Crippen LogP contribution in [0.15, 0.2) is 53.1 Å². The van der Waals surface area contributed by atoms with E-state index in [1.54, 1.807) is 6.26 Å². The largest absolute Gasteiger partial charge is 0.475 e. The van der Waals surface area contributed by atoms with Gasteiger partial charge in [0.2, 0.25) is 5.91 Å². The van der Waals surface area contributed by atoms with Crippen LogP contribution in [-0.2, 0) is 17.6 Å². The lowest BCUT2D eigenvalue weighted by molar-refractivity contribution is -0.120. The zero-order chi connectivity index (χ0) is 18.7. The van der Waals surface area contributed by atoms with Gasteiger partial charge in [-0.1, -0.05) is 42.5 Å². The molecule has 1 aromatic heterocycles. The molecule has 0 aliphatic heterocycles. The van der Waals surface area contributed by atoms with Crippen molar-refractivity contribution in [3.8, 4) is 0 Å². The summed E-state index contributed by atoms with van der Waals surface area (Å²) in [6.07, 6.45) is 2.09. The number of amides is 1. The first kappa shape index (κ1) is 18.2. The van der Waals surface area contributed by atoms with Gasteiger partial charge in [0, 0.05) is 5.39 Å². The van der Waals surface area contributed by atoms with Crippen LogP contribution in [0.2, 0.25) is 0 Å². The van der Waals surface area contributed by atoms with Crippen molar-refractivity contribution in [1.82, 2.24) is 5.32 Å². The first-order valence-electron chi connectivity index (χ1n) is 8.61. The van der Waals surface area contributed by atoms with Crippen molar-refractivity contribution in [2.24, 2.45) is 0 Å². The Morgan fingerprint density at radius 1 is 1.12 bits per heavy atom. The van der Waals surface area contributed by atoms with Crippen LogP contribution in [0.25, 0.3) is 11.0 Å². The Hall–Kier alpha value is -2.57. The molecular weight excluding hydrogens is 329 g/mol. The summed E-state index contributed by atoms with van der Waals surface area (Å²) >= 11 is 0. The molecule has 0 bridgehead atoms. The van der Waals surface area contributed by atoms with Crippen LogP contribution in [0.1, 0.15) is 22.3 Å². The number of nitrogens with one attached hydrogen (secondary N) is 1. The highest BCUT2D eigenvalue weighted by Gasteiger charge is 2.27. The van der Waals surface area contributed by atoms with Crippen molar-refractivity contribution in [2.45, 2.75) is 32.6 Å². The van der Waals surface area contributed by atoms with Gasteiger partial charge in [0.25, 0.3) is 0 Å². The number of hydrogen-bond acceptors (Lipinski definition) is 4. The van der Waals surface area contributed by atoms with Gasteiger partial charge in [-0.3, -0.25) is 4.79 Å². The summed E-state index contributed by atoms with van der Waals surface area (Å²) in [6.45, 7) is 3.95. The van der Waals surface area contributed by atoms with Gasteiger partial charge in [-0.15, -0.1) is 0 Å². The minimum absolute atomic E-state index is 0.189. The number of furan rings is 1. The van der Waals surface area contributed by atoms with Crippen molar-refractivity contribution < 1.29 is 19.3 Å². The first-order chi connectivity index (χ1) is 12.5. The minimum atomic E-state index is -1.66. The molecule has 134 valence electrons. The second-order valence-electron chi connectivity index (χ2n) is 6.62. The zero-order valence-corrected chi connectivity index (χ0v) is 14.9. The Kier molecular flexibility index (Phi) is 5.45. The van der Waals surface area contributed by atoms with Crippen LogP contribution in [0.3, 0.4) is 0 Å². The normalized spacial score (nSPS) is 12.2. The molecule has 5 nitrogen and oxygen atoms in total. The van der Waals surface area contributed by atoms with Crippen molar-refractivity contribution in [2.75, 3.05) is 0 Å². The number of hydrogen-bond donors (Lipinski definition) is 3. The predicted octanol–water partition coefficient (Wildman–Crippen LogP) is 2.33. The van der Waals surface area contributed by atoms with E-state index >= 15 is 0 Å². The molecule has 3 N–H and O–H groups in total. The van der Waals surface area contributed by atoms with Gasteiger partial charge in [0.15, 0.2) is 0 Å². The van der Waals surface area contributed by atoms with Crippen LogP contribution in [0, 0.1) is 13.8 Å². The molecule has 0 aliphatic carbocycles. The maximum absolute atomic E-state index is 12.3. The summed E-state index contributed by atoms with van der Waals surface area (Å²) in [5.74, 6) is -1.07. The molecule has 1 heterocycles. The van der Waals surface area contributed by atoms with Crippen LogP contribution in [0.4, 0.5) is 0 Å². The highest BCUT2D eigenvalue weighted by molar-refractivity contribution is 6.43. The van der Waals surface area contributed by atoms with E-state index in [2.05, 4.69) is 5.32 Å². The van der Waals surface area contributed by atoms with Gasteiger partial charge in [-0.25, -0.2) is 0 Å². The molecule has 6 heteroatoms. The molecule has 3 rings (SSSR count). The molecule has 0 radical (unpaired) electrons. The number of carbonyl (C=O) groups is 1. The zero-order valence-electron chi connectivity index (χ0n) is 14.9. The fraction of sp³-hybridized carbons (Fsp3) is 0.250. The van der Waals surface area contributed by atoms with Crippen molar-refractivity contribution in [1.29, 1.82) is 0 Å². The molecular formula is C20H22BNO4. The molecule has 0 fully saturated rings. The highest BCUT2D eigenvalue weighted by atomic mass is 16.4. The standard InChI is InChI=1S/C20H22BNO4/c1-13-8-9-14(2)20-19(13)16(12-26-20)11-17(21(24)25)22-18(23)10-15-6-4-3-5-7-15/h3-9,12,17,24-25H,10-11H2,1-2H3,(H,22,23)/t17-/m0/s1. The van der Waals surface area contributed by atoms with Crippen molar-refractivity contribution in [3.63, 3.8) is 0 Å². The third kappa shape index (κ3) is 3.98. The van der Waals surface area contributed by atoms with Gasteiger partial charge >= 0.3 is 7.12 Å². The average molecular weight is 351 g/mol. The lowest BCUT2D eigenvalue weighted by atomic mass is 9.75. The molecule has 0 aliphatic rings. The topological polar surface area (TPSA) is 82.7 Å². The lowest BCUT2D eigenvalue weighted by Gasteiger charge is -2.17. The van der Waals surface area contributed by atoms with E-state index in [-0.39, 0.29) is 18.7 Å². The summed E-state index contributed by atoms with van der Waals surface area (Å²) in [4.78, 5) is 12.3. The number of fused-ring (bicyclic) bond motifs is 1. The van der Waals surface area contributed by atoms with Gasteiger partial charge in [0.05, 0.1) is 18.6 Å². The fourth-order valence-electron chi connectivity index (χ4n) is 3.18.